The Kier molecular flexibility index (Phi) is 7.56. The number of rotatable bonds is 8. The first-order valence-corrected chi connectivity index (χ1v) is 12.4. The number of nitrogens with one attached hydrogen (secondary N) is 1. The van der Waals surface area contributed by atoms with Crippen LogP contribution in [0.2, 0.25) is 10.0 Å². The number of fused-ring (bicyclic) bond motifs is 1. The predicted molar refractivity (Wildman–Crippen MR) is 122 cm³/mol. The van der Waals surface area contributed by atoms with Gasteiger partial charge in [-0.3, -0.25) is 9.10 Å². The number of anilines is 1. The molecular weight excluding hydrogens is 463 g/mol. The van der Waals surface area contributed by atoms with Gasteiger partial charge in [0.2, 0.25) is 15.9 Å². The van der Waals surface area contributed by atoms with Crippen molar-refractivity contribution in [1.29, 1.82) is 0 Å². The molecule has 1 heterocycles. The lowest BCUT2D eigenvalue weighted by atomic mass is 10.1. The molecule has 7 nitrogen and oxygen atoms in total. The van der Waals surface area contributed by atoms with Gasteiger partial charge in [0, 0.05) is 18.0 Å². The van der Waals surface area contributed by atoms with Crippen LogP contribution in [-0.2, 0) is 14.8 Å². The molecule has 1 aliphatic rings. The van der Waals surface area contributed by atoms with Gasteiger partial charge < -0.3 is 14.8 Å². The minimum absolute atomic E-state index is 0.102. The fourth-order valence-electron chi connectivity index (χ4n) is 3.25. The summed E-state index contributed by atoms with van der Waals surface area (Å²) >= 11 is 12.2. The minimum Gasteiger partial charge on any atom is -0.486 e. The van der Waals surface area contributed by atoms with Crippen LogP contribution >= 0.6 is 23.2 Å². The summed E-state index contributed by atoms with van der Waals surface area (Å²) in [5.74, 6) is 1.16. The summed E-state index contributed by atoms with van der Waals surface area (Å²) in [4.78, 5) is 12.4. The highest BCUT2D eigenvalue weighted by atomic mass is 35.5. The zero-order chi connectivity index (χ0) is 22.6. The summed E-state index contributed by atoms with van der Waals surface area (Å²) in [5.41, 5.74) is 1.18. The van der Waals surface area contributed by atoms with Crippen molar-refractivity contribution in [2.24, 2.45) is 0 Å². The van der Waals surface area contributed by atoms with Crippen LogP contribution in [0.4, 0.5) is 5.69 Å². The monoisotopic (exact) mass is 486 g/mol. The second-order valence-corrected chi connectivity index (χ2v) is 9.98. The fourth-order valence-corrected chi connectivity index (χ4v) is 4.66. The van der Waals surface area contributed by atoms with Gasteiger partial charge >= 0.3 is 0 Å². The van der Waals surface area contributed by atoms with E-state index in [0.717, 1.165) is 11.8 Å². The van der Waals surface area contributed by atoms with E-state index in [0.29, 0.717) is 41.8 Å². The number of ether oxygens (including phenoxy) is 2. The van der Waals surface area contributed by atoms with Gasteiger partial charge in [-0.15, -0.1) is 0 Å². The van der Waals surface area contributed by atoms with Crippen LogP contribution in [-0.4, -0.2) is 40.3 Å². The summed E-state index contributed by atoms with van der Waals surface area (Å²) < 4.78 is 36.8. The van der Waals surface area contributed by atoms with Crippen LogP contribution in [0.25, 0.3) is 0 Å². The number of hydrogen-bond acceptors (Lipinski definition) is 5. The molecule has 1 N–H and O–H groups in total. The highest BCUT2D eigenvalue weighted by Crippen LogP contribution is 2.33. The number of halogens is 2. The summed E-state index contributed by atoms with van der Waals surface area (Å²) in [6, 6.07) is 9.94. The molecular formula is C21H24Cl2N2O5S. The van der Waals surface area contributed by atoms with E-state index in [1.54, 1.807) is 12.1 Å². The van der Waals surface area contributed by atoms with Gasteiger partial charge in [-0.05, 0) is 49.2 Å². The molecule has 1 aliphatic heterocycles. The maximum Gasteiger partial charge on any atom is 0.232 e. The molecule has 3 rings (SSSR count). The lowest BCUT2D eigenvalue weighted by Gasteiger charge is -2.24. The Labute approximate surface area is 192 Å². The quantitative estimate of drug-likeness (QED) is 0.604. The van der Waals surface area contributed by atoms with Crippen molar-refractivity contribution in [2.75, 3.05) is 30.3 Å². The van der Waals surface area contributed by atoms with Crippen LogP contribution in [0.3, 0.4) is 0 Å². The summed E-state index contributed by atoms with van der Waals surface area (Å²) in [6.45, 7) is 2.98. The molecule has 1 amide bonds. The normalized spacial score (nSPS) is 14.1. The third-order valence-electron chi connectivity index (χ3n) is 4.79. The number of sulfonamides is 1. The van der Waals surface area contributed by atoms with E-state index in [1.165, 1.54) is 10.4 Å². The molecule has 0 bridgehead atoms. The van der Waals surface area contributed by atoms with E-state index in [-0.39, 0.29) is 29.9 Å². The number of hydrogen-bond donors (Lipinski definition) is 1. The van der Waals surface area contributed by atoms with Gasteiger partial charge in [-0.25, -0.2) is 8.42 Å². The molecule has 10 heteroatoms. The van der Waals surface area contributed by atoms with Crippen molar-refractivity contribution >= 4 is 44.8 Å². The number of benzene rings is 2. The van der Waals surface area contributed by atoms with Crippen molar-refractivity contribution in [2.45, 2.75) is 25.8 Å². The Hall–Kier alpha value is -2.16. The van der Waals surface area contributed by atoms with Crippen LogP contribution in [0.5, 0.6) is 11.5 Å². The van der Waals surface area contributed by atoms with Crippen molar-refractivity contribution in [3.8, 4) is 11.5 Å². The van der Waals surface area contributed by atoms with E-state index in [9.17, 15) is 13.2 Å². The second kappa shape index (κ2) is 9.97. The fraction of sp³-hybridized carbons (Fsp3) is 0.381. The lowest BCUT2D eigenvalue weighted by Crippen LogP contribution is -2.32. The van der Waals surface area contributed by atoms with E-state index in [1.807, 2.05) is 25.1 Å². The van der Waals surface area contributed by atoms with Gasteiger partial charge in [0.15, 0.2) is 11.5 Å². The molecule has 0 saturated heterocycles. The molecule has 0 spiro atoms. The van der Waals surface area contributed by atoms with Crippen LogP contribution in [0.1, 0.15) is 31.4 Å². The minimum atomic E-state index is -3.60. The van der Waals surface area contributed by atoms with E-state index in [4.69, 9.17) is 32.7 Å². The Morgan fingerprint density at radius 3 is 2.55 bits per heavy atom. The first kappa shape index (κ1) is 23.5. The molecule has 0 aliphatic carbocycles. The molecule has 2 aromatic rings. The standard InChI is InChI=1S/C21H24Cl2N2O5S/c1-14(15-5-8-19-20(12-15)30-11-10-29-19)24-21(26)4-3-9-25(31(2,27)28)18-13-16(22)6-7-17(18)23/h5-8,12-14H,3-4,9-11H2,1-2H3,(H,24,26)/t14-/m0/s1. The topological polar surface area (TPSA) is 84.9 Å². The Morgan fingerprint density at radius 1 is 1.13 bits per heavy atom. The summed E-state index contributed by atoms with van der Waals surface area (Å²) in [7, 11) is -3.60. The average Bonchev–Trinajstić information content (AvgIpc) is 2.72. The van der Waals surface area contributed by atoms with Gasteiger partial charge in [-0.1, -0.05) is 29.3 Å². The lowest BCUT2D eigenvalue weighted by molar-refractivity contribution is -0.121. The molecule has 0 fully saturated rings. The third-order valence-corrected chi connectivity index (χ3v) is 6.52. The molecule has 1 atom stereocenters. The van der Waals surface area contributed by atoms with E-state index in [2.05, 4.69) is 5.32 Å². The van der Waals surface area contributed by atoms with Crippen molar-refractivity contribution in [3.05, 3.63) is 52.0 Å². The first-order valence-electron chi connectivity index (χ1n) is 9.77. The molecule has 0 unspecified atom stereocenters. The van der Waals surface area contributed by atoms with Crippen LogP contribution in [0, 0.1) is 0 Å². The number of amides is 1. The number of carbonyl (C=O) groups is 1. The van der Waals surface area contributed by atoms with Crippen molar-refractivity contribution in [1.82, 2.24) is 5.32 Å². The molecule has 168 valence electrons. The maximum atomic E-state index is 12.4. The second-order valence-electron chi connectivity index (χ2n) is 7.23. The Morgan fingerprint density at radius 2 is 1.84 bits per heavy atom. The SMILES string of the molecule is C[C@H](NC(=O)CCCN(c1cc(Cl)ccc1Cl)S(C)(=O)=O)c1ccc2c(c1)OCCO2. The molecule has 0 aromatic heterocycles. The average molecular weight is 487 g/mol. The van der Waals surface area contributed by atoms with Gasteiger partial charge in [0.05, 0.1) is 23.0 Å². The third kappa shape index (κ3) is 6.18. The van der Waals surface area contributed by atoms with Crippen LogP contribution < -0.4 is 19.1 Å². The van der Waals surface area contributed by atoms with Gasteiger partial charge in [0.25, 0.3) is 0 Å². The zero-order valence-electron chi connectivity index (χ0n) is 17.2. The van der Waals surface area contributed by atoms with Crippen LogP contribution in [0.15, 0.2) is 36.4 Å². The number of nitrogens with zero attached hydrogens (tertiary/aromatic N) is 1. The smallest absolute Gasteiger partial charge is 0.232 e. The highest BCUT2D eigenvalue weighted by Gasteiger charge is 2.21. The van der Waals surface area contributed by atoms with Crippen molar-refractivity contribution in [3.63, 3.8) is 0 Å². The molecule has 0 radical (unpaired) electrons. The molecule has 31 heavy (non-hydrogen) atoms. The largest absolute Gasteiger partial charge is 0.486 e. The predicted octanol–water partition coefficient (Wildman–Crippen LogP) is 4.19. The number of carbonyl (C=O) groups excluding carboxylic acids is 1. The van der Waals surface area contributed by atoms with Gasteiger partial charge in [-0.2, -0.15) is 0 Å². The van der Waals surface area contributed by atoms with Gasteiger partial charge in [0.1, 0.15) is 13.2 Å². The Balaban J connectivity index is 1.58. The highest BCUT2D eigenvalue weighted by molar-refractivity contribution is 7.92. The Bertz CT molecular complexity index is 1060. The molecule has 2 aromatic carbocycles. The van der Waals surface area contributed by atoms with E-state index < -0.39 is 10.0 Å². The summed E-state index contributed by atoms with van der Waals surface area (Å²) in [6.07, 6.45) is 1.56. The first-order chi connectivity index (χ1) is 14.6. The van der Waals surface area contributed by atoms with Crippen molar-refractivity contribution < 1.29 is 22.7 Å². The summed E-state index contributed by atoms with van der Waals surface area (Å²) in [5, 5.41) is 3.57. The van der Waals surface area contributed by atoms with E-state index >= 15 is 0 Å². The zero-order valence-corrected chi connectivity index (χ0v) is 19.6. The molecule has 0 saturated carbocycles. The maximum absolute atomic E-state index is 12.4.